The van der Waals surface area contributed by atoms with E-state index in [1.54, 1.807) is 36.2 Å². The van der Waals surface area contributed by atoms with Gasteiger partial charge in [-0.3, -0.25) is 14.5 Å². The van der Waals surface area contributed by atoms with E-state index in [9.17, 15) is 9.59 Å². The van der Waals surface area contributed by atoms with Gasteiger partial charge in [0.05, 0.1) is 6.54 Å². The molecule has 26 heavy (non-hydrogen) atoms. The average molecular weight is 439 g/mol. The summed E-state index contributed by atoms with van der Waals surface area (Å²) in [6.45, 7) is 2.61. The van der Waals surface area contributed by atoms with Crippen molar-refractivity contribution < 1.29 is 9.59 Å². The third kappa shape index (κ3) is 6.78. The fraction of sp³-hybridized carbons (Fsp3) is 0.263. The molecule has 5 nitrogen and oxygen atoms in total. The van der Waals surface area contributed by atoms with E-state index in [1.165, 1.54) is 0 Å². The van der Waals surface area contributed by atoms with E-state index in [1.807, 2.05) is 25.1 Å². The molecular weight excluding hydrogens is 418 g/mol. The molecule has 2 amide bonds. The number of halogens is 2. The van der Waals surface area contributed by atoms with Crippen molar-refractivity contribution in [3.63, 3.8) is 0 Å². The summed E-state index contributed by atoms with van der Waals surface area (Å²) < 4.78 is 0.968. The lowest BCUT2D eigenvalue weighted by atomic mass is 10.2. The molecule has 0 aliphatic heterocycles. The number of rotatable bonds is 7. The molecule has 138 valence electrons. The van der Waals surface area contributed by atoms with Crippen molar-refractivity contribution in [3.8, 4) is 0 Å². The number of anilines is 2. The highest BCUT2D eigenvalue weighted by atomic mass is 79.9. The first-order valence-electron chi connectivity index (χ1n) is 8.13. The van der Waals surface area contributed by atoms with E-state index in [2.05, 4.69) is 26.6 Å². The van der Waals surface area contributed by atoms with E-state index in [-0.39, 0.29) is 24.8 Å². The van der Waals surface area contributed by atoms with E-state index in [0.29, 0.717) is 17.3 Å². The van der Waals surface area contributed by atoms with Gasteiger partial charge in [0.15, 0.2) is 0 Å². The van der Waals surface area contributed by atoms with Crippen LogP contribution in [0.3, 0.4) is 0 Å². The van der Waals surface area contributed by atoms with Crippen LogP contribution in [0.15, 0.2) is 46.9 Å². The molecule has 0 aromatic heterocycles. The van der Waals surface area contributed by atoms with Gasteiger partial charge in [-0.1, -0.05) is 33.6 Å². The predicted molar refractivity (Wildman–Crippen MR) is 110 cm³/mol. The van der Waals surface area contributed by atoms with Gasteiger partial charge < -0.3 is 10.6 Å². The van der Waals surface area contributed by atoms with Gasteiger partial charge in [-0.15, -0.1) is 0 Å². The Bertz CT molecular complexity index is 798. The zero-order valence-corrected chi connectivity index (χ0v) is 17.0. The van der Waals surface area contributed by atoms with E-state index in [0.717, 1.165) is 15.7 Å². The summed E-state index contributed by atoms with van der Waals surface area (Å²) in [5.41, 5.74) is 2.43. The molecule has 7 heteroatoms. The second kappa shape index (κ2) is 9.71. The highest BCUT2D eigenvalue weighted by molar-refractivity contribution is 9.10. The third-order valence-electron chi connectivity index (χ3n) is 3.71. The number of nitrogens with zero attached hydrogens (tertiary/aromatic N) is 1. The van der Waals surface area contributed by atoms with Crippen LogP contribution >= 0.6 is 27.5 Å². The molecule has 0 unspecified atom stereocenters. The van der Waals surface area contributed by atoms with Crippen molar-refractivity contribution in [1.82, 2.24) is 4.90 Å². The third-order valence-corrected chi connectivity index (χ3v) is 4.43. The average Bonchev–Trinajstić information content (AvgIpc) is 2.55. The Balaban J connectivity index is 1.76. The van der Waals surface area contributed by atoms with Crippen LogP contribution in [0.4, 0.5) is 11.4 Å². The quantitative estimate of drug-likeness (QED) is 0.677. The van der Waals surface area contributed by atoms with Crippen molar-refractivity contribution >= 4 is 50.7 Å². The molecule has 0 saturated heterocycles. The minimum atomic E-state index is -0.122. The summed E-state index contributed by atoms with van der Waals surface area (Å²) in [6.07, 6.45) is 0.285. The smallest absolute Gasteiger partial charge is 0.238 e. The Labute approximate surface area is 166 Å². The van der Waals surface area contributed by atoms with Gasteiger partial charge >= 0.3 is 0 Å². The number of nitrogens with one attached hydrogen (secondary N) is 2. The lowest BCUT2D eigenvalue weighted by Gasteiger charge is -2.17. The predicted octanol–water partition coefficient (Wildman–Crippen LogP) is 4.31. The lowest BCUT2D eigenvalue weighted by molar-refractivity contribution is -0.119. The summed E-state index contributed by atoms with van der Waals surface area (Å²) in [7, 11) is 1.81. The Kier molecular flexibility index (Phi) is 7.63. The minimum Gasteiger partial charge on any atom is -0.326 e. The maximum atomic E-state index is 12.2. The lowest BCUT2D eigenvalue weighted by Crippen LogP contribution is -2.32. The van der Waals surface area contributed by atoms with Crippen LogP contribution in [-0.2, 0) is 9.59 Å². The van der Waals surface area contributed by atoms with E-state index >= 15 is 0 Å². The van der Waals surface area contributed by atoms with Gasteiger partial charge in [-0.2, -0.15) is 0 Å². The first-order chi connectivity index (χ1) is 12.3. The minimum absolute atomic E-state index is 0.117. The Morgan fingerprint density at radius 3 is 2.58 bits per heavy atom. The van der Waals surface area contributed by atoms with Crippen molar-refractivity contribution in [3.05, 3.63) is 57.5 Å². The number of hydrogen-bond acceptors (Lipinski definition) is 3. The zero-order chi connectivity index (χ0) is 19.1. The summed E-state index contributed by atoms with van der Waals surface area (Å²) in [5, 5.41) is 6.24. The van der Waals surface area contributed by atoms with Gasteiger partial charge in [0, 0.05) is 33.8 Å². The van der Waals surface area contributed by atoms with Gasteiger partial charge in [-0.25, -0.2) is 0 Å². The highest BCUT2D eigenvalue weighted by Gasteiger charge is 2.10. The Morgan fingerprint density at radius 2 is 1.88 bits per heavy atom. The first-order valence-corrected chi connectivity index (χ1v) is 9.30. The molecule has 2 aromatic rings. The summed E-state index contributed by atoms with van der Waals surface area (Å²) in [4.78, 5) is 26.0. The molecule has 0 fully saturated rings. The fourth-order valence-electron chi connectivity index (χ4n) is 2.36. The molecule has 0 bridgehead atoms. The second-order valence-electron chi connectivity index (χ2n) is 6.05. The van der Waals surface area contributed by atoms with Gasteiger partial charge in [-0.05, 0) is 55.9 Å². The highest BCUT2D eigenvalue weighted by Crippen LogP contribution is 2.20. The van der Waals surface area contributed by atoms with Crippen LogP contribution in [0, 0.1) is 6.92 Å². The van der Waals surface area contributed by atoms with Crippen LogP contribution in [0.1, 0.15) is 12.0 Å². The van der Waals surface area contributed by atoms with Crippen molar-refractivity contribution in [2.24, 2.45) is 0 Å². The van der Waals surface area contributed by atoms with Crippen LogP contribution in [0.5, 0.6) is 0 Å². The van der Waals surface area contributed by atoms with Gasteiger partial charge in [0.1, 0.15) is 0 Å². The summed E-state index contributed by atoms with van der Waals surface area (Å²) >= 11 is 9.29. The zero-order valence-electron chi connectivity index (χ0n) is 14.7. The summed E-state index contributed by atoms with van der Waals surface area (Å²) in [5.74, 6) is -0.239. The van der Waals surface area contributed by atoms with Crippen molar-refractivity contribution in [2.45, 2.75) is 13.3 Å². The van der Waals surface area contributed by atoms with Crippen molar-refractivity contribution in [1.29, 1.82) is 0 Å². The normalized spacial score (nSPS) is 10.7. The SMILES string of the molecule is Cc1cc(Br)ccc1NC(=O)CN(C)CCC(=O)Nc1cccc(Cl)c1. The fourth-order valence-corrected chi connectivity index (χ4v) is 3.03. The van der Waals surface area contributed by atoms with Crippen LogP contribution in [0.25, 0.3) is 0 Å². The maximum absolute atomic E-state index is 12.2. The molecule has 0 spiro atoms. The number of likely N-dealkylation sites (N-methyl/N-ethyl adjacent to an activating group) is 1. The monoisotopic (exact) mass is 437 g/mol. The standard InChI is InChI=1S/C19H21BrClN3O2/c1-13-10-14(20)6-7-17(13)23-19(26)12-24(2)9-8-18(25)22-16-5-3-4-15(21)11-16/h3-7,10-11H,8-9,12H2,1-2H3,(H,22,25)(H,23,26). The molecular formula is C19H21BrClN3O2. The van der Waals surface area contributed by atoms with Crippen LogP contribution in [0.2, 0.25) is 5.02 Å². The molecule has 2 rings (SSSR count). The van der Waals surface area contributed by atoms with Crippen LogP contribution in [-0.4, -0.2) is 36.9 Å². The molecule has 0 heterocycles. The van der Waals surface area contributed by atoms with E-state index < -0.39 is 0 Å². The largest absolute Gasteiger partial charge is 0.326 e. The van der Waals surface area contributed by atoms with Gasteiger partial charge in [0.25, 0.3) is 0 Å². The Hall–Kier alpha value is -1.89. The number of hydrogen-bond donors (Lipinski definition) is 2. The Morgan fingerprint density at radius 1 is 1.12 bits per heavy atom. The molecule has 0 aliphatic rings. The molecule has 0 saturated carbocycles. The molecule has 0 atom stereocenters. The summed E-state index contributed by atoms with van der Waals surface area (Å²) in [6, 6.07) is 12.7. The molecule has 2 N–H and O–H groups in total. The number of aryl methyl sites for hydroxylation is 1. The second-order valence-corrected chi connectivity index (χ2v) is 7.41. The topological polar surface area (TPSA) is 61.4 Å². The van der Waals surface area contributed by atoms with E-state index in [4.69, 9.17) is 11.6 Å². The van der Waals surface area contributed by atoms with Crippen molar-refractivity contribution in [2.75, 3.05) is 30.8 Å². The first kappa shape index (κ1) is 20.4. The number of benzene rings is 2. The molecule has 0 aliphatic carbocycles. The van der Waals surface area contributed by atoms with Crippen LogP contribution < -0.4 is 10.6 Å². The molecule has 2 aromatic carbocycles. The number of amides is 2. The number of carbonyl (C=O) groups is 2. The molecule has 0 radical (unpaired) electrons. The number of carbonyl (C=O) groups excluding carboxylic acids is 2. The van der Waals surface area contributed by atoms with Gasteiger partial charge in [0.2, 0.25) is 11.8 Å². The maximum Gasteiger partial charge on any atom is 0.238 e.